The van der Waals surface area contributed by atoms with Crippen LogP contribution in [0.3, 0.4) is 0 Å². The molecule has 0 spiro atoms. The second-order valence-corrected chi connectivity index (χ2v) is 6.18. The fourth-order valence-electron chi connectivity index (χ4n) is 2.18. The number of hydrogen-bond donors (Lipinski definition) is 0. The summed E-state index contributed by atoms with van der Waals surface area (Å²) in [5, 5.41) is 0. The predicted molar refractivity (Wildman–Crippen MR) is 71.3 cm³/mol. The number of aryl methyl sites for hydroxylation is 2. The van der Waals surface area contributed by atoms with E-state index in [1.165, 1.54) is 16.7 Å². The van der Waals surface area contributed by atoms with Crippen LogP contribution in [-0.2, 0) is 9.67 Å². The van der Waals surface area contributed by atoms with Crippen molar-refractivity contribution in [2.24, 2.45) is 0 Å². The SMILES string of the molecule is Cc1ccc([C@@]2(C)O[C@H](CCl)CS2)c(C)c1. The van der Waals surface area contributed by atoms with E-state index in [9.17, 15) is 0 Å². The van der Waals surface area contributed by atoms with E-state index in [2.05, 4.69) is 39.0 Å². The van der Waals surface area contributed by atoms with Gasteiger partial charge in [0.25, 0.3) is 0 Å². The van der Waals surface area contributed by atoms with Crippen LogP contribution in [0.15, 0.2) is 18.2 Å². The van der Waals surface area contributed by atoms with E-state index in [0.29, 0.717) is 5.88 Å². The number of halogens is 1. The van der Waals surface area contributed by atoms with Gasteiger partial charge in [-0.05, 0) is 31.9 Å². The van der Waals surface area contributed by atoms with E-state index in [1.54, 1.807) is 0 Å². The fraction of sp³-hybridized carbons (Fsp3) is 0.538. The quantitative estimate of drug-likeness (QED) is 0.744. The Hall–Kier alpha value is -0.180. The van der Waals surface area contributed by atoms with Gasteiger partial charge in [-0.2, -0.15) is 0 Å². The van der Waals surface area contributed by atoms with Gasteiger partial charge in [0.2, 0.25) is 0 Å². The van der Waals surface area contributed by atoms with Gasteiger partial charge in [-0.1, -0.05) is 23.8 Å². The number of ether oxygens (including phenoxy) is 1. The molecule has 1 aromatic rings. The van der Waals surface area contributed by atoms with Crippen molar-refractivity contribution in [2.45, 2.75) is 31.8 Å². The Kier molecular flexibility index (Phi) is 3.53. The maximum Gasteiger partial charge on any atom is 0.137 e. The van der Waals surface area contributed by atoms with Gasteiger partial charge in [-0.3, -0.25) is 0 Å². The summed E-state index contributed by atoms with van der Waals surface area (Å²) in [5.41, 5.74) is 3.86. The third-order valence-corrected chi connectivity index (χ3v) is 4.73. The third-order valence-electron chi connectivity index (χ3n) is 2.98. The Morgan fingerprint density at radius 3 is 2.81 bits per heavy atom. The van der Waals surface area contributed by atoms with Gasteiger partial charge < -0.3 is 4.74 Å². The number of rotatable bonds is 2. The van der Waals surface area contributed by atoms with Crippen molar-refractivity contribution in [3.05, 3.63) is 34.9 Å². The molecule has 0 aliphatic carbocycles. The minimum absolute atomic E-state index is 0.178. The van der Waals surface area contributed by atoms with Crippen molar-refractivity contribution in [3.63, 3.8) is 0 Å². The Labute approximate surface area is 107 Å². The zero-order valence-corrected chi connectivity index (χ0v) is 11.5. The Balaban J connectivity index is 2.30. The van der Waals surface area contributed by atoms with Gasteiger partial charge in [-0.25, -0.2) is 0 Å². The molecule has 1 aromatic carbocycles. The molecule has 2 rings (SSSR count). The highest BCUT2D eigenvalue weighted by Crippen LogP contribution is 2.45. The van der Waals surface area contributed by atoms with E-state index >= 15 is 0 Å². The first-order valence-corrected chi connectivity index (χ1v) is 7.02. The molecule has 2 atom stereocenters. The van der Waals surface area contributed by atoms with E-state index in [4.69, 9.17) is 16.3 Å². The van der Waals surface area contributed by atoms with Crippen molar-refractivity contribution in [2.75, 3.05) is 11.6 Å². The maximum atomic E-state index is 6.04. The molecule has 1 saturated heterocycles. The second-order valence-electron chi connectivity index (χ2n) is 4.47. The molecule has 1 heterocycles. The lowest BCUT2D eigenvalue weighted by Gasteiger charge is -2.26. The molecule has 88 valence electrons. The molecular weight excluding hydrogens is 240 g/mol. The third kappa shape index (κ3) is 2.24. The van der Waals surface area contributed by atoms with Crippen LogP contribution in [0, 0.1) is 13.8 Å². The molecular formula is C13H17ClOS. The standard InChI is InChI=1S/C13H17ClOS/c1-9-4-5-12(10(2)6-9)13(3)15-11(7-14)8-16-13/h4-6,11H,7-8H2,1-3H3/t11-,13+/m1/s1. The van der Waals surface area contributed by atoms with Crippen LogP contribution < -0.4 is 0 Å². The summed E-state index contributed by atoms with van der Waals surface area (Å²) in [6, 6.07) is 6.53. The number of hydrogen-bond acceptors (Lipinski definition) is 2. The van der Waals surface area contributed by atoms with E-state index < -0.39 is 0 Å². The number of thioether (sulfide) groups is 1. The van der Waals surface area contributed by atoms with Gasteiger partial charge in [-0.15, -0.1) is 23.4 Å². The first kappa shape index (κ1) is 12.3. The van der Waals surface area contributed by atoms with Crippen molar-refractivity contribution in [3.8, 4) is 0 Å². The molecule has 0 aromatic heterocycles. The average molecular weight is 257 g/mol. The number of benzene rings is 1. The average Bonchev–Trinajstić information content (AvgIpc) is 2.61. The van der Waals surface area contributed by atoms with Crippen molar-refractivity contribution >= 4 is 23.4 Å². The molecule has 1 nitrogen and oxygen atoms in total. The smallest absolute Gasteiger partial charge is 0.137 e. The number of alkyl halides is 1. The van der Waals surface area contributed by atoms with Crippen molar-refractivity contribution in [1.82, 2.24) is 0 Å². The lowest BCUT2D eigenvalue weighted by molar-refractivity contribution is 0.0127. The summed E-state index contributed by atoms with van der Waals surface area (Å²) in [6.07, 6.45) is 0.178. The summed E-state index contributed by atoms with van der Waals surface area (Å²) in [4.78, 5) is -0.225. The zero-order valence-electron chi connectivity index (χ0n) is 9.92. The van der Waals surface area contributed by atoms with Crippen LogP contribution in [0.1, 0.15) is 23.6 Å². The zero-order chi connectivity index (χ0) is 11.8. The van der Waals surface area contributed by atoms with Crippen LogP contribution >= 0.6 is 23.4 Å². The molecule has 0 saturated carbocycles. The Morgan fingerprint density at radius 1 is 1.50 bits per heavy atom. The van der Waals surface area contributed by atoms with Crippen LogP contribution in [0.2, 0.25) is 0 Å². The molecule has 3 heteroatoms. The predicted octanol–water partition coefficient (Wildman–Crippen LogP) is 3.85. The van der Waals surface area contributed by atoms with Crippen molar-refractivity contribution in [1.29, 1.82) is 0 Å². The van der Waals surface area contributed by atoms with Crippen LogP contribution in [0.5, 0.6) is 0 Å². The highest BCUT2D eigenvalue weighted by Gasteiger charge is 2.38. The van der Waals surface area contributed by atoms with E-state index in [-0.39, 0.29) is 11.0 Å². The molecule has 1 aliphatic rings. The molecule has 0 amide bonds. The topological polar surface area (TPSA) is 9.23 Å². The summed E-state index contributed by atoms with van der Waals surface area (Å²) in [7, 11) is 0. The Bertz CT molecular complexity index is 394. The van der Waals surface area contributed by atoms with Gasteiger partial charge in [0, 0.05) is 11.6 Å². The highest BCUT2D eigenvalue weighted by molar-refractivity contribution is 8.00. The van der Waals surface area contributed by atoms with Crippen LogP contribution in [0.4, 0.5) is 0 Å². The second kappa shape index (κ2) is 4.59. The van der Waals surface area contributed by atoms with Crippen LogP contribution in [0.25, 0.3) is 0 Å². The van der Waals surface area contributed by atoms with Crippen LogP contribution in [-0.4, -0.2) is 17.7 Å². The normalized spacial score (nSPS) is 29.6. The largest absolute Gasteiger partial charge is 0.355 e. The lowest BCUT2D eigenvalue weighted by Crippen LogP contribution is -2.22. The van der Waals surface area contributed by atoms with Gasteiger partial charge in [0.05, 0.1) is 6.10 Å². The highest BCUT2D eigenvalue weighted by atomic mass is 35.5. The summed E-state index contributed by atoms with van der Waals surface area (Å²) in [5.74, 6) is 1.56. The summed E-state index contributed by atoms with van der Waals surface area (Å²) in [6.45, 7) is 6.40. The first-order chi connectivity index (χ1) is 7.55. The first-order valence-electron chi connectivity index (χ1n) is 5.50. The van der Waals surface area contributed by atoms with Gasteiger partial charge in [0.15, 0.2) is 0 Å². The van der Waals surface area contributed by atoms with Gasteiger partial charge >= 0.3 is 0 Å². The van der Waals surface area contributed by atoms with Crippen molar-refractivity contribution < 1.29 is 4.74 Å². The minimum Gasteiger partial charge on any atom is -0.355 e. The molecule has 0 unspecified atom stereocenters. The molecule has 1 aliphatic heterocycles. The van der Waals surface area contributed by atoms with Gasteiger partial charge in [0.1, 0.15) is 4.93 Å². The summed E-state index contributed by atoms with van der Waals surface area (Å²) < 4.78 is 6.04. The molecule has 0 bridgehead atoms. The fourth-order valence-corrected chi connectivity index (χ4v) is 3.76. The molecule has 16 heavy (non-hydrogen) atoms. The summed E-state index contributed by atoms with van der Waals surface area (Å²) >= 11 is 7.69. The lowest BCUT2D eigenvalue weighted by atomic mass is 10.0. The molecule has 1 fully saturated rings. The minimum atomic E-state index is -0.225. The maximum absolute atomic E-state index is 6.04. The molecule has 0 N–H and O–H groups in total. The molecule has 0 radical (unpaired) electrons. The Morgan fingerprint density at radius 2 is 2.25 bits per heavy atom. The van der Waals surface area contributed by atoms with E-state index in [1.807, 2.05) is 11.8 Å². The van der Waals surface area contributed by atoms with E-state index in [0.717, 1.165) is 5.75 Å². The monoisotopic (exact) mass is 256 g/mol.